The van der Waals surface area contributed by atoms with Crippen molar-refractivity contribution in [2.24, 2.45) is 0 Å². The lowest BCUT2D eigenvalue weighted by molar-refractivity contribution is -0.149. The van der Waals surface area contributed by atoms with Gasteiger partial charge in [-0.3, -0.25) is 4.98 Å². The third-order valence-electron chi connectivity index (χ3n) is 3.70. The van der Waals surface area contributed by atoms with Crippen LogP contribution in [0.15, 0.2) is 54.7 Å². The Balaban J connectivity index is 1.89. The van der Waals surface area contributed by atoms with Crippen molar-refractivity contribution in [3.63, 3.8) is 0 Å². The van der Waals surface area contributed by atoms with Gasteiger partial charge in [0.15, 0.2) is 6.10 Å². The van der Waals surface area contributed by atoms with Gasteiger partial charge < -0.3 is 14.6 Å². The maximum absolute atomic E-state index is 11.1. The van der Waals surface area contributed by atoms with Crippen LogP contribution in [0.2, 0.25) is 0 Å². The van der Waals surface area contributed by atoms with Crippen molar-refractivity contribution in [3.05, 3.63) is 66.0 Å². The van der Waals surface area contributed by atoms with Gasteiger partial charge in [-0.15, -0.1) is 0 Å². The van der Waals surface area contributed by atoms with E-state index < -0.39 is 12.1 Å². The number of allylic oxidation sites excluding steroid dienone is 1. The molecule has 2 rings (SSSR count). The summed E-state index contributed by atoms with van der Waals surface area (Å²) < 4.78 is 10.9. The third kappa shape index (κ3) is 6.04. The summed E-state index contributed by atoms with van der Waals surface area (Å²) in [6, 6.07) is 13.2. The van der Waals surface area contributed by atoms with Gasteiger partial charge >= 0.3 is 5.97 Å². The van der Waals surface area contributed by atoms with E-state index in [0.29, 0.717) is 19.6 Å². The molecule has 1 heterocycles. The van der Waals surface area contributed by atoms with Crippen molar-refractivity contribution in [1.29, 1.82) is 0 Å². The fraction of sp³-hybridized carbons (Fsp3) is 0.300. The normalized spacial score (nSPS) is 12.6. The average molecular weight is 341 g/mol. The molecule has 1 aromatic carbocycles. The lowest BCUT2D eigenvalue weighted by atomic mass is 10.1. The standard InChI is InChI=1S/C20H23NO4/c1-3-24-19(20(22)23)14-16-7-9-17(10-8-16)25-13-11-15(2)18-6-4-5-12-21-18/h4-12,19H,3,13-14H2,1-2H3,(H,22,23)/b15-11+. The molecule has 1 atom stereocenters. The Labute approximate surface area is 147 Å². The van der Waals surface area contributed by atoms with Crippen LogP contribution in [-0.4, -0.2) is 35.4 Å². The maximum atomic E-state index is 11.1. The second kappa shape index (κ2) is 9.59. The monoisotopic (exact) mass is 341 g/mol. The predicted molar refractivity (Wildman–Crippen MR) is 96.6 cm³/mol. The van der Waals surface area contributed by atoms with Crippen molar-refractivity contribution in [1.82, 2.24) is 4.98 Å². The highest BCUT2D eigenvalue weighted by molar-refractivity contribution is 5.72. The molecule has 5 nitrogen and oxygen atoms in total. The van der Waals surface area contributed by atoms with Gasteiger partial charge in [-0.2, -0.15) is 0 Å². The van der Waals surface area contributed by atoms with Crippen molar-refractivity contribution in [3.8, 4) is 5.75 Å². The van der Waals surface area contributed by atoms with E-state index >= 15 is 0 Å². The van der Waals surface area contributed by atoms with E-state index in [1.165, 1.54) is 0 Å². The molecule has 0 aliphatic heterocycles. The van der Waals surface area contributed by atoms with E-state index in [1.54, 1.807) is 13.1 Å². The number of carboxylic acid groups (broad SMARTS) is 1. The first-order valence-corrected chi connectivity index (χ1v) is 8.24. The van der Waals surface area contributed by atoms with Crippen LogP contribution in [0.25, 0.3) is 5.57 Å². The van der Waals surface area contributed by atoms with Crippen molar-refractivity contribution in [2.45, 2.75) is 26.4 Å². The largest absolute Gasteiger partial charge is 0.490 e. The molecule has 5 heteroatoms. The molecule has 0 fully saturated rings. The molecule has 1 N–H and O–H groups in total. The van der Waals surface area contributed by atoms with Crippen molar-refractivity contribution >= 4 is 11.5 Å². The van der Waals surface area contributed by atoms with E-state index in [2.05, 4.69) is 4.98 Å². The Morgan fingerprint density at radius 3 is 2.60 bits per heavy atom. The first-order valence-electron chi connectivity index (χ1n) is 8.24. The number of aromatic nitrogens is 1. The molecule has 0 aliphatic rings. The van der Waals surface area contributed by atoms with Crippen LogP contribution in [0.3, 0.4) is 0 Å². The van der Waals surface area contributed by atoms with Crippen LogP contribution in [0.1, 0.15) is 25.1 Å². The summed E-state index contributed by atoms with van der Waals surface area (Å²) in [4.78, 5) is 15.4. The molecule has 0 spiro atoms. The smallest absolute Gasteiger partial charge is 0.333 e. The molecule has 0 bridgehead atoms. The molecule has 1 unspecified atom stereocenters. The van der Waals surface area contributed by atoms with Gasteiger partial charge in [0.05, 0.1) is 5.69 Å². The Morgan fingerprint density at radius 1 is 1.24 bits per heavy atom. The predicted octanol–water partition coefficient (Wildman–Crippen LogP) is 3.60. The average Bonchev–Trinajstić information content (AvgIpc) is 2.63. The van der Waals surface area contributed by atoms with Crippen LogP contribution in [0.4, 0.5) is 0 Å². The fourth-order valence-corrected chi connectivity index (χ4v) is 2.32. The minimum absolute atomic E-state index is 0.335. The highest BCUT2D eigenvalue weighted by atomic mass is 16.5. The van der Waals surface area contributed by atoms with Gasteiger partial charge in [0.2, 0.25) is 0 Å². The summed E-state index contributed by atoms with van der Waals surface area (Å²) in [7, 11) is 0. The van der Waals surface area contributed by atoms with Gasteiger partial charge in [0, 0.05) is 19.2 Å². The number of nitrogens with zero attached hydrogens (tertiary/aromatic N) is 1. The number of rotatable bonds is 9. The SMILES string of the molecule is CCOC(Cc1ccc(OC/C=C(\C)c2ccccn2)cc1)C(=O)O. The second-order valence-corrected chi connectivity index (χ2v) is 5.54. The number of hydrogen-bond donors (Lipinski definition) is 1. The Hall–Kier alpha value is -2.66. The van der Waals surface area contributed by atoms with Crippen LogP contribution in [0, 0.1) is 0 Å². The molecule has 0 radical (unpaired) electrons. The van der Waals surface area contributed by atoms with Crippen LogP contribution in [0.5, 0.6) is 5.75 Å². The van der Waals surface area contributed by atoms with Gasteiger partial charge in [-0.1, -0.05) is 18.2 Å². The summed E-state index contributed by atoms with van der Waals surface area (Å²) >= 11 is 0. The van der Waals surface area contributed by atoms with Crippen LogP contribution >= 0.6 is 0 Å². The van der Waals surface area contributed by atoms with E-state index in [4.69, 9.17) is 14.6 Å². The minimum atomic E-state index is -0.947. The summed E-state index contributed by atoms with van der Waals surface area (Å²) in [6.07, 6.45) is 3.26. The molecule has 0 aliphatic carbocycles. The Bertz CT molecular complexity index is 695. The maximum Gasteiger partial charge on any atom is 0.333 e. The molecule has 1 aromatic heterocycles. The molecule has 0 saturated heterocycles. The number of benzene rings is 1. The van der Waals surface area contributed by atoms with E-state index in [9.17, 15) is 4.79 Å². The third-order valence-corrected chi connectivity index (χ3v) is 3.70. The topological polar surface area (TPSA) is 68.7 Å². The molecular weight excluding hydrogens is 318 g/mol. The summed E-state index contributed by atoms with van der Waals surface area (Å²) in [5, 5.41) is 9.12. The number of carbonyl (C=O) groups is 1. The molecule has 25 heavy (non-hydrogen) atoms. The first kappa shape index (κ1) is 18.7. The highest BCUT2D eigenvalue weighted by Gasteiger charge is 2.17. The summed E-state index contributed by atoms with van der Waals surface area (Å²) in [6.45, 7) is 4.60. The van der Waals surface area contributed by atoms with Crippen molar-refractivity contribution < 1.29 is 19.4 Å². The Kier molecular flexibility index (Phi) is 7.16. The van der Waals surface area contributed by atoms with E-state index in [-0.39, 0.29) is 0 Å². The molecular formula is C20H23NO4. The summed E-state index contributed by atoms with van der Waals surface area (Å²) in [5.74, 6) is -0.214. The fourth-order valence-electron chi connectivity index (χ4n) is 2.32. The van der Waals surface area contributed by atoms with Crippen LogP contribution < -0.4 is 4.74 Å². The second-order valence-electron chi connectivity index (χ2n) is 5.54. The van der Waals surface area contributed by atoms with Gasteiger partial charge in [-0.05, 0) is 55.3 Å². The number of hydrogen-bond acceptors (Lipinski definition) is 4. The number of ether oxygens (including phenoxy) is 2. The Morgan fingerprint density at radius 2 is 2.00 bits per heavy atom. The molecule has 132 valence electrons. The summed E-state index contributed by atoms with van der Waals surface area (Å²) in [5.41, 5.74) is 2.88. The first-order chi connectivity index (χ1) is 12.1. The van der Waals surface area contributed by atoms with E-state index in [1.807, 2.05) is 55.5 Å². The number of carboxylic acids is 1. The van der Waals surface area contributed by atoms with Gasteiger partial charge in [0.25, 0.3) is 0 Å². The lowest BCUT2D eigenvalue weighted by Crippen LogP contribution is -2.26. The zero-order chi connectivity index (χ0) is 18.1. The number of aliphatic carboxylic acids is 1. The zero-order valence-electron chi connectivity index (χ0n) is 14.5. The lowest BCUT2D eigenvalue weighted by Gasteiger charge is -2.12. The molecule has 2 aromatic rings. The number of pyridine rings is 1. The minimum Gasteiger partial charge on any atom is -0.490 e. The highest BCUT2D eigenvalue weighted by Crippen LogP contribution is 2.15. The van der Waals surface area contributed by atoms with Gasteiger partial charge in [-0.25, -0.2) is 4.79 Å². The zero-order valence-corrected chi connectivity index (χ0v) is 14.5. The van der Waals surface area contributed by atoms with Crippen molar-refractivity contribution in [2.75, 3.05) is 13.2 Å². The molecule has 0 amide bonds. The quantitative estimate of drug-likeness (QED) is 0.755. The van der Waals surface area contributed by atoms with Crippen LogP contribution in [-0.2, 0) is 16.0 Å². The van der Waals surface area contributed by atoms with Gasteiger partial charge in [0.1, 0.15) is 12.4 Å². The van der Waals surface area contributed by atoms with E-state index in [0.717, 1.165) is 22.6 Å². The molecule has 0 saturated carbocycles.